The van der Waals surface area contributed by atoms with Crippen LogP contribution in [0.2, 0.25) is 0 Å². The summed E-state index contributed by atoms with van der Waals surface area (Å²) < 4.78 is 5.51. The van der Waals surface area contributed by atoms with Crippen molar-refractivity contribution in [3.63, 3.8) is 0 Å². The van der Waals surface area contributed by atoms with Crippen molar-refractivity contribution >= 4 is 18.3 Å². The lowest BCUT2D eigenvalue weighted by molar-refractivity contribution is 0.291. The van der Waals surface area contributed by atoms with E-state index in [0.717, 1.165) is 6.42 Å². The highest BCUT2D eigenvalue weighted by molar-refractivity contribution is 8.09. The average molecular weight is 449 g/mol. The molecule has 1 N–H and O–H groups in total. The fourth-order valence-corrected chi connectivity index (χ4v) is 4.61. The van der Waals surface area contributed by atoms with Crippen molar-refractivity contribution in [1.82, 2.24) is 0 Å². The zero-order chi connectivity index (χ0) is 21.6. The molecule has 0 aliphatic rings. The second-order valence-corrected chi connectivity index (χ2v) is 13.2. The van der Waals surface area contributed by atoms with Gasteiger partial charge in [0.2, 0.25) is 0 Å². The van der Waals surface area contributed by atoms with Crippen LogP contribution in [-0.4, -0.2) is 17.2 Å². The Balaban J connectivity index is 3.11. The first-order valence-corrected chi connectivity index (χ1v) is 15.7. The predicted octanol–water partition coefficient (Wildman–Crippen LogP) is 9.54. The quantitative estimate of drug-likeness (QED) is 0.125. The van der Waals surface area contributed by atoms with Gasteiger partial charge >= 0.3 is 0 Å². The zero-order valence-electron chi connectivity index (χ0n) is 20.1. The standard InChI is InChI=1S/C25H53O2PS/c1-4-5-6-7-8-9-10-11-12-13-14-15-16-17-18-19-20-21-22-23-24-27-28(26,29)25(2)3/h25H,4-24H2,1-3H3,(H,26,29). The smallest absolute Gasteiger partial charge is 0.188 e. The van der Waals surface area contributed by atoms with Crippen molar-refractivity contribution in [1.29, 1.82) is 0 Å². The molecule has 0 bridgehead atoms. The first-order chi connectivity index (χ1) is 14.0. The Morgan fingerprint density at radius 3 is 1.14 bits per heavy atom. The van der Waals surface area contributed by atoms with Gasteiger partial charge in [-0.3, -0.25) is 0 Å². The third-order valence-electron chi connectivity index (χ3n) is 5.93. The first-order valence-electron chi connectivity index (χ1n) is 13.0. The van der Waals surface area contributed by atoms with Crippen LogP contribution in [0.5, 0.6) is 0 Å². The molecule has 0 rings (SSSR count). The van der Waals surface area contributed by atoms with E-state index in [9.17, 15) is 4.89 Å². The molecule has 0 aromatic carbocycles. The van der Waals surface area contributed by atoms with Crippen molar-refractivity contribution in [2.75, 3.05) is 6.61 Å². The molecule has 0 amide bonds. The fourth-order valence-electron chi connectivity index (χ4n) is 3.70. The van der Waals surface area contributed by atoms with Crippen LogP contribution in [0.25, 0.3) is 0 Å². The van der Waals surface area contributed by atoms with E-state index < -0.39 is 6.49 Å². The van der Waals surface area contributed by atoms with Crippen molar-refractivity contribution in [2.24, 2.45) is 0 Å². The van der Waals surface area contributed by atoms with E-state index in [4.69, 9.17) is 16.3 Å². The van der Waals surface area contributed by atoms with Gasteiger partial charge in [-0.2, -0.15) is 0 Å². The molecule has 176 valence electrons. The molecule has 0 spiro atoms. The molecule has 0 aliphatic heterocycles. The number of rotatable bonds is 23. The Labute approximate surface area is 189 Å². The molecule has 0 aliphatic carbocycles. The van der Waals surface area contributed by atoms with Gasteiger partial charge in [0.25, 0.3) is 0 Å². The highest BCUT2D eigenvalue weighted by atomic mass is 32.5. The minimum atomic E-state index is -2.53. The Bertz CT molecular complexity index is 374. The molecule has 0 saturated carbocycles. The molecule has 0 aromatic rings. The summed E-state index contributed by atoms with van der Waals surface area (Å²) in [4.78, 5) is 9.95. The minimum Gasteiger partial charge on any atom is -0.345 e. The van der Waals surface area contributed by atoms with E-state index in [2.05, 4.69) is 6.92 Å². The van der Waals surface area contributed by atoms with Gasteiger partial charge in [-0.25, -0.2) is 0 Å². The van der Waals surface area contributed by atoms with Crippen LogP contribution in [0.3, 0.4) is 0 Å². The number of hydrogen-bond acceptors (Lipinski definition) is 2. The van der Waals surface area contributed by atoms with Crippen molar-refractivity contribution in [3.8, 4) is 0 Å². The van der Waals surface area contributed by atoms with E-state index in [0.29, 0.717) is 6.61 Å². The van der Waals surface area contributed by atoms with Crippen molar-refractivity contribution in [2.45, 2.75) is 155 Å². The van der Waals surface area contributed by atoms with Gasteiger partial charge in [0.05, 0.1) is 6.61 Å². The number of unbranched alkanes of at least 4 members (excludes halogenated alkanes) is 19. The largest absolute Gasteiger partial charge is 0.345 e. The fraction of sp³-hybridized carbons (Fsp3) is 1.00. The summed E-state index contributed by atoms with van der Waals surface area (Å²) in [6.07, 6.45) is 27.9. The minimum absolute atomic E-state index is 0.0719. The summed E-state index contributed by atoms with van der Waals surface area (Å²) >= 11 is 5.14. The molecule has 1 atom stereocenters. The van der Waals surface area contributed by atoms with E-state index in [-0.39, 0.29) is 5.66 Å². The van der Waals surface area contributed by atoms with Crippen LogP contribution in [0, 0.1) is 0 Å². The van der Waals surface area contributed by atoms with Gasteiger partial charge in [-0.05, 0) is 18.2 Å². The monoisotopic (exact) mass is 448 g/mol. The molecule has 0 aromatic heterocycles. The van der Waals surface area contributed by atoms with Gasteiger partial charge in [-0.1, -0.05) is 143 Å². The molecule has 0 radical (unpaired) electrons. The number of hydrogen-bond donors (Lipinski definition) is 1. The maximum absolute atomic E-state index is 9.95. The summed E-state index contributed by atoms with van der Waals surface area (Å²) in [6.45, 7) is 4.28. The molecule has 1 unspecified atom stereocenters. The lowest BCUT2D eigenvalue weighted by atomic mass is 10.0. The van der Waals surface area contributed by atoms with E-state index in [1.165, 1.54) is 122 Å². The lowest BCUT2D eigenvalue weighted by Gasteiger charge is -2.19. The lowest BCUT2D eigenvalue weighted by Crippen LogP contribution is -2.02. The molecule has 2 nitrogen and oxygen atoms in total. The average Bonchev–Trinajstić information content (AvgIpc) is 2.69. The Morgan fingerprint density at radius 1 is 0.586 bits per heavy atom. The van der Waals surface area contributed by atoms with Crippen LogP contribution in [-0.2, 0) is 16.3 Å². The van der Waals surface area contributed by atoms with E-state index >= 15 is 0 Å². The van der Waals surface area contributed by atoms with Crippen LogP contribution in [0.1, 0.15) is 149 Å². The zero-order valence-corrected chi connectivity index (χ0v) is 21.8. The highest BCUT2D eigenvalue weighted by Gasteiger charge is 2.17. The van der Waals surface area contributed by atoms with Crippen molar-refractivity contribution in [3.05, 3.63) is 0 Å². The SMILES string of the molecule is CCCCCCCCCCCCCCCCCCCCCCOP(O)(=S)C(C)C. The van der Waals surface area contributed by atoms with Gasteiger partial charge in [0.1, 0.15) is 0 Å². The molecular formula is C25H53O2PS. The second-order valence-electron chi connectivity index (χ2n) is 9.21. The van der Waals surface area contributed by atoms with Gasteiger partial charge in [0.15, 0.2) is 6.49 Å². The summed E-state index contributed by atoms with van der Waals surface area (Å²) in [7, 11) is 0. The van der Waals surface area contributed by atoms with Crippen LogP contribution >= 0.6 is 6.49 Å². The van der Waals surface area contributed by atoms with Gasteiger partial charge in [0, 0.05) is 5.66 Å². The maximum Gasteiger partial charge on any atom is 0.188 e. The van der Waals surface area contributed by atoms with Crippen LogP contribution in [0.15, 0.2) is 0 Å². The van der Waals surface area contributed by atoms with Crippen LogP contribution in [0.4, 0.5) is 0 Å². The third-order valence-corrected chi connectivity index (χ3v) is 9.37. The second kappa shape index (κ2) is 21.8. The molecule has 0 fully saturated rings. The Hall–Kier alpha value is 0.570. The molecule has 29 heavy (non-hydrogen) atoms. The molecule has 4 heteroatoms. The summed E-state index contributed by atoms with van der Waals surface area (Å²) in [6, 6.07) is 0. The summed E-state index contributed by atoms with van der Waals surface area (Å²) in [5.74, 6) is 0. The first kappa shape index (κ1) is 29.6. The van der Waals surface area contributed by atoms with E-state index in [1.807, 2.05) is 13.8 Å². The van der Waals surface area contributed by atoms with Crippen LogP contribution < -0.4 is 0 Å². The molecule has 0 heterocycles. The van der Waals surface area contributed by atoms with Gasteiger partial charge in [-0.15, -0.1) is 0 Å². The van der Waals surface area contributed by atoms with Crippen molar-refractivity contribution < 1.29 is 9.42 Å². The topological polar surface area (TPSA) is 29.5 Å². The molecule has 0 saturated heterocycles. The Morgan fingerprint density at radius 2 is 0.862 bits per heavy atom. The third kappa shape index (κ3) is 21.6. The highest BCUT2D eigenvalue weighted by Crippen LogP contribution is 2.47. The summed E-state index contributed by atoms with van der Waals surface area (Å²) in [5.41, 5.74) is 0.0719. The maximum atomic E-state index is 9.95. The summed E-state index contributed by atoms with van der Waals surface area (Å²) in [5, 5.41) is 0. The Kier molecular flexibility index (Phi) is 22.2. The predicted molar refractivity (Wildman–Crippen MR) is 136 cm³/mol. The molecular weight excluding hydrogens is 395 g/mol. The van der Waals surface area contributed by atoms with Gasteiger partial charge < -0.3 is 9.42 Å². The van der Waals surface area contributed by atoms with E-state index in [1.54, 1.807) is 0 Å². The normalized spacial score (nSPS) is 13.8.